The molecule has 9 aromatic rings. The monoisotopic (exact) mass is 687 g/mol. The molecule has 9 aromatic carbocycles. The van der Waals surface area contributed by atoms with Crippen LogP contribution in [0.2, 0.25) is 0 Å². The predicted octanol–water partition coefficient (Wildman–Crippen LogP) is 14.8. The Morgan fingerprint density at radius 3 is 1.46 bits per heavy atom. The summed E-state index contributed by atoms with van der Waals surface area (Å²) < 4.78 is 0. The van der Waals surface area contributed by atoms with E-state index < -0.39 is 0 Å². The van der Waals surface area contributed by atoms with Crippen molar-refractivity contribution in [2.75, 3.05) is 4.90 Å². The van der Waals surface area contributed by atoms with Crippen LogP contribution < -0.4 is 4.90 Å². The van der Waals surface area contributed by atoms with Gasteiger partial charge in [-0.1, -0.05) is 178 Å². The summed E-state index contributed by atoms with van der Waals surface area (Å²) in [5.74, 6) is 0. The van der Waals surface area contributed by atoms with Gasteiger partial charge in [0, 0.05) is 22.1 Å². The van der Waals surface area contributed by atoms with Crippen molar-refractivity contribution >= 4 is 38.6 Å². The molecule has 0 saturated carbocycles. The first-order valence-corrected chi connectivity index (χ1v) is 18.9. The number of fused-ring (bicyclic) bond motifs is 14. The van der Waals surface area contributed by atoms with Crippen molar-refractivity contribution in [1.29, 1.82) is 0 Å². The van der Waals surface area contributed by atoms with Gasteiger partial charge in [0.1, 0.15) is 0 Å². The Morgan fingerprint density at radius 1 is 0.333 bits per heavy atom. The fourth-order valence-electron chi connectivity index (χ4n) is 9.54. The molecule has 0 radical (unpaired) electrons. The van der Waals surface area contributed by atoms with E-state index in [0.717, 1.165) is 5.69 Å². The van der Waals surface area contributed by atoms with Gasteiger partial charge in [-0.3, -0.25) is 0 Å². The van der Waals surface area contributed by atoms with Crippen LogP contribution in [-0.4, -0.2) is 0 Å². The molecule has 0 saturated heterocycles. The van der Waals surface area contributed by atoms with Crippen LogP contribution >= 0.6 is 0 Å². The highest BCUT2D eigenvalue weighted by atomic mass is 15.1. The van der Waals surface area contributed by atoms with Gasteiger partial charge >= 0.3 is 0 Å². The Labute approximate surface area is 316 Å². The lowest BCUT2D eigenvalue weighted by atomic mass is 9.80. The highest BCUT2D eigenvalue weighted by Gasteiger charge is 2.38. The summed E-state index contributed by atoms with van der Waals surface area (Å²) in [4.78, 5) is 2.55. The first kappa shape index (κ1) is 30.9. The molecule has 1 heteroatoms. The van der Waals surface area contributed by atoms with Crippen LogP contribution in [-0.2, 0) is 5.41 Å². The van der Waals surface area contributed by atoms with E-state index >= 15 is 0 Å². The number of hydrogen-bond acceptors (Lipinski definition) is 1. The zero-order valence-electron chi connectivity index (χ0n) is 30.3. The largest absolute Gasteiger partial charge is 0.309 e. The standard InChI is InChI=1S/C53H37N/c1-53(2)48-27-14-13-26-46(48)52-49(53)28-15-29-50(52)54(51-32-34-16-3-4-17-36(34)37-18-11-12-25-45(37)51)35-30-31-44-42-23-8-7-21-40(42)38-19-5-6-20-39(38)41-22-9-10-24-43(41)47(44)33-35/h3-33H,1-2H3. The summed E-state index contributed by atoms with van der Waals surface area (Å²) in [6.45, 7) is 4.74. The van der Waals surface area contributed by atoms with Gasteiger partial charge in [0.05, 0.1) is 11.4 Å². The van der Waals surface area contributed by atoms with Crippen LogP contribution in [0.1, 0.15) is 25.0 Å². The van der Waals surface area contributed by atoms with Crippen LogP contribution in [0.4, 0.5) is 17.1 Å². The van der Waals surface area contributed by atoms with E-state index in [1.165, 1.54) is 99.7 Å². The summed E-state index contributed by atoms with van der Waals surface area (Å²) in [6.07, 6.45) is 0. The fourth-order valence-corrected chi connectivity index (χ4v) is 9.54. The van der Waals surface area contributed by atoms with E-state index in [2.05, 4.69) is 207 Å². The molecule has 54 heavy (non-hydrogen) atoms. The zero-order chi connectivity index (χ0) is 36.0. The van der Waals surface area contributed by atoms with Gasteiger partial charge in [-0.2, -0.15) is 0 Å². The molecule has 0 spiro atoms. The summed E-state index contributed by atoms with van der Waals surface area (Å²) in [6, 6.07) is 69.9. The lowest BCUT2D eigenvalue weighted by Crippen LogP contribution is -2.16. The van der Waals surface area contributed by atoms with Crippen molar-refractivity contribution in [2.24, 2.45) is 0 Å². The molecule has 0 amide bonds. The van der Waals surface area contributed by atoms with E-state index in [-0.39, 0.29) is 5.41 Å². The van der Waals surface area contributed by atoms with Gasteiger partial charge in [-0.15, -0.1) is 0 Å². The second kappa shape index (κ2) is 11.7. The highest BCUT2D eigenvalue weighted by molar-refractivity contribution is 6.15. The summed E-state index contributed by atoms with van der Waals surface area (Å²) in [5, 5.41) is 4.98. The van der Waals surface area contributed by atoms with Gasteiger partial charge in [0.25, 0.3) is 0 Å². The quantitative estimate of drug-likeness (QED) is 0.167. The molecule has 0 N–H and O–H groups in total. The van der Waals surface area contributed by atoms with E-state index in [9.17, 15) is 0 Å². The molecule has 2 aliphatic carbocycles. The van der Waals surface area contributed by atoms with Crippen LogP contribution in [0.15, 0.2) is 188 Å². The Bertz CT molecular complexity index is 2980. The number of benzene rings is 9. The highest BCUT2D eigenvalue weighted by Crippen LogP contribution is 2.56. The second-order valence-electron chi connectivity index (χ2n) is 15.2. The molecule has 0 aliphatic heterocycles. The van der Waals surface area contributed by atoms with E-state index in [4.69, 9.17) is 0 Å². The second-order valence-corrected chi connectivity index (χ2v) is 15.2. The van der Waals surface area contributed by atoms with Crippen molar-refractivity contribution in [1.82, 2.24) is 0 Å². The molecule has 254 valence electrons. The molecule has 0 unspecified atom stereocenters. The molecule has 11 rings (SSSR count). The fraction of sp³-hybridized carbons (Fsp3) is 0.0566. The first-order chi connectivity index (χ1) is 26.6. The minimum Gasteiger partial charge on any atom is -0.309 e. The minimum absolute atomic E-state index is 0.124. The van der Waals surface area contributed by atoms with Gasteiger partial charge in [0.2, 0.25) is 0 Å². The predicted molar refractivity (Wildman–Crippen MR) is 229 cm³/mol. The molecular weight excluding hydrogens is 651 g/mol. The SMILES string of the molecule is CC1(C)c2ccccc2-c2c(N(c3ccc4c(c3)-c3ccccc3-c3ccccc3-c3ccccc3-4)c3cc4ccccc4c4ccccc34)cccc21. The lowest BCUT2D eigenvalue weighted by Gasteiger charge is -2.31. The third kappa shape index (κ3) is 4.39. The third-order valence-corrected chi connectivity index (χ3v) is 12.0. The smallest absolute Gasteiger partial charge is 0.0546 e. The Hall–Kier alpha value is -6.70. The maximum atomic E-state index is 2.55. The van der Waals surface area contributed by atoms with E-state index in [0.29, 0.717) is 0 Å². The van der Waals surface area contributed by atoms with Crippen molar-refractivity contribution in [3.05, 3.63) is 199 Å². The first-order valence-electron chi connectivity index (χ1n) is 18.9. The number of rotatable bonds is 3. The number of nitrogens with zero attached hydrogens (tertiary/aromatic N) is 1. The molecule has 0 fully saturated rings. The summed E-state index contributed by atoms with van der Waals surface area (Å²) >= 11 is 0. The average molecular weight is 688 g/mol. The Kier molecular flexibility index (Phi) is 6.66. The van der Waals surface area contributed by atoms with Crippen LogP contribution in [0.25, 0.3) is 77.2 Å². The minimum atomic E-state index is -0.124. The third-order valence-electron chi connectivity index (χ3n) is 12.0. The van der Waals surface area contributed by atoms with Crippen LogP contribution in [0.5, 0.6) is 0 Å². The molecule has 0 aromatic heterocycles. The Morgan fingerprint density at radius 2 is 0.815 bits per heavy atom. The van der Waals surface area contributed by atoms with Crippen molar-refractivity contribution in [2.45, 2.75) is 19.3 Å². The normalized spacial score (nSPS) is 13.1. The Balaban J connectivity index is 1.26. The van der Waals surface area contributed by atoms with Gasteiger partial charge in [-0.05, 0) is 102 Å². The maximum absolute atomic E-state index is 2.55. The zero-order valence-corrected chi connectivity index (χ0v) is 30.3. The molecular formula is C53H37N. The van der Waals surface area contributed by atoms with E-state index in [1.807, 2.05) is 0 Å². The van der Waals surface area contributed by atoms with E-state index in [1.54, 1.807) is 0 Å². The number of hydrogen-bond donors (Lipinski definition) is 0. The topological polar surface area (TPSA) is 3.24 Å². The van der Waals surface area contributed by atoms with Crippen molar-refractivity contribution in [3.8, 4) is 55.6 Å². The van der Waals surface area contributed by atoms with Crippen LogP contribution in [0, 0.1) is 0 Å². The maximum Gasteiger partial charge on any atom is 0.0546 e. The number of anilines is 3. The average Bonchev–Trinajstić information content (AvgIpc) is 3.47. The molecule has 0 heterocycles. The van der Waals surface area contributed by atoms with Crippen LogP contribution in [0.3, 0.4) is 0 Å². The molecule has 0 atom stereocenters. The van der Waals surface area contributed by atoms with Crippen molar-refractivity contribution < 1.29 is 0 Å². The molecule has 0 bridgehead atoms. The lowest BCUT2D eigenvalue weighted by molar-refractivity contribution is 0.660. The molecule has 1 nitrogen and oxygen atoms in total. The summed E-state index contributed by atoms with van der Waals surface area (Å²) in [5.41, 5.74) is 18.7. The van der Waals surface area contributed by atoms with Gasteiger partial charge in [0.15, 0.2) is 0 Å². The van der Waals surface area contributed by atoms with Crippen molar-refractivity contribution in [3.63, 3.8) is 0 Å². The van der Waals surface area contributed by atoms with Gasteiger partial charge in [-0.25, -0.2) is 0 Å². The summed E-state index contributed by atoms with van der Waals surface area (Å²) in [7, 11) is 0. The molecule has 2 aliphatic rings. The van der Waals surface area contributed by atoms with Gasteiger partial charge < -0.3 is 4.90 Å².